The molecule has 0 atom stereocenters. The average Bonchev–Trinajstić information content (AvgIpc) is 2.43. The zero-order valence-electron chi connectivity index (χ0n) is 10.9. The Labute approximate surface area is 112 Å². The Kier molecular flexibility index (Phi) is 4.85. The minimum absolute atomic E-state index is 0.243. The van der Waals surface area contributed by atoms with Gasteiger partial charge in [0, 0.05) is 32.0 Å². The molecule has 2 rings (SSSR count). The number of urea groups is 1. The predicted octanol–water partition coefficient (Wildman–Crippen LogP) is 1.62. The Bertz CT molecular complexity index is 437. The molecule has 1 heterocycles. The summed E-state index contributed by atoms with van der Waals surface area (Å²) in [7, 11) is 1.63. The van der Waals surface area contributed by atoms with Gasteiger partial charge in [-0.3, -0.25) is 0 Å². The van der Waals surface area contributed by atoms with Crippen LogP contribution in [0.2, 0.25) is 0 Å². The Hall–Kier alpha value is -1.95. The molecule has 6 heteroatoms. The third-order valence-corrected chi connectivity index (χ3v) is 2.61. The second-order valence-corrected chi connectivity index (χ2v) is 4.09. The first-order valence-corrected chi connectivity index (χ1v) is 6.23. The number of benzene rings is 1. The highest BCUT2D eigenvalue weighted by Gasteiger charge is 2.12. The standard InChI is InChI=1S/C13H18N2O4/c1-17-6-2-5-14-13(16)15-10-3-4-11-12(9-10)19-8-7-18-11/h3-4,9H,2,5-8H2,1H3,(H2,14,15,16). The number of nitrogens with one attached hydrogen (secondary N) is 2. The first-order valence-electron chi connectivity index (χ1n) is 6.23. The Morgan fingerprint density at radius 1 is 1.32 bits per heavy atom. The molecule has 0 radical (unpaired) electrons. The van der Waals surface area contributed by atoms with Crippen molar-refractivity contribution in [3.8, 4) is 11.5 Å². The maximum absolute atomic E-state index is 11.6. The van der Waals surface area contributed by atoms with Gasteiger partial charge in [-0.15, -0.1) is 0 Å². The van der Waals surface area contributed by atoms with E-state index in [9.17, 15) is 4.79 Å². The van der Waals surface area contributed by atoms with E-state index < -0.39 is 0 Å². The number of rotatable bonds is 5. The second kappa shape index (κ2) is 6.84. The molecule has 0 saturated heterocycles. The highest BCUT2D eigenvalue weighted by atomic mass is 16.6. The van der Waals surface area contributed by atoms with Gasteiger partial charge in [0.25, 0.3) is 0 Å². The molecule has 1 aliphatic rings. The first-order chi connectivity index (χ1) is 9.29. The minimum atomic E-state index is -0.243. The van der Waals surface area contributed by atoms with Gasteiger partial charge in [0.1, 0.15) is 13.2 Å². The quantitative estimate of drug-likeness (QED) is 0.795. The molecule has 0 unspecified atom stereocenters. The van der Waals surface area contributed by atoms with Crippen molar-refractivity contribution in [3.05, 3.63) is 18.2 Å². The first kappa shape index (κ1) is 13.5. The largest absolute Gasteiger partial charge is 0.486 e. The summed E-state index contributed by atoms with van der Waals surface area (Å²) in [6.45, 7) is 2.29. The number of methoxy groups -OCH3 is 1. The molecule has 2 N–H and O–H groups in total. The molecular formula is C13H18N2O4. The van der Waals surface area contributed by atoms with E-state index in [2.05, 4.69) is 10.6 Å². The van der Waals surface area contributed by atoms with Crippen molar-refractivity contribution in [2.75, 3.05) is 38.8 Å². The van der Waals surface area contributed by atoms with Crippen LogP contribution in [-0.2, 0) is 4.74 Å². The molecule has 0 aromatic heterocycles. The van der Waals surface area contributed by atoms with E-state index in [4.69, 9.17) is 14.2 Å². The molecule has 0 fully saturated rings. The highest BCUT2D eigenvalue weighted by Crippen LogP contribution is 2.32. The van der Waals surface area contributed by atoms with Gasteiger partial charge in [-0.05, 0) is 18.6 Å². The lowest BCUT2D eigenvalue weighted by atomic mass is 10.2. The summed E-state index contributed by atoms with van der Waals surface area (Å²) in [5.41, 5.74) is 0.675. The van der Waals surface area contributed by atoms with E-state index in [1.807, 2.05) is 0 Å². The SMILES string of the molecule is COCCCNC(=O)Nc1ccc2c(c1)OCCO2. The highest BCUT2D eigenvalue weighted by molar-refractivity contribution is 5.89. The van der Waals surface area contributed by atoms with Crippen LogP contribution in [0.15, 0.2) is 18.2 Å². The van der Waals surface area contributed by atoms with E-state index in [0.29, 0.717) is 43.6 Å². The van der Waals surface area contributed by atoms with Crippen LogP contribution in [0.5, 0.6) is 11.5 Å². The Morgan fingerprint density at radius 2 is 2.11 bits per heavy atom. The summed E-state index contributed by atoms with van der Waals surface area (Å²) in [6.07, 6.45) is 0.783. The topological polar surface area (TPSA) is 68.8 Å². The van der Waals surface area contributed by atoms with Crippen LogP contribution < -0.4 is 20.1 Å². The maximum atomic E-state index is 11.6. The molecule has 0 aliphatic carbocycles. The van der Waals surface area contributed by atoms with E-state index in [1.54, 1.807) is 25.3 Å². The molecule has 1 aromatic carbocycles. The molecular weight excluding hydrogens is 248 g/mol. The molecule has 19 heavy (non-hydrogen) atoms. The average molecular weight is 266 g/mol. The second-order valence-electron chi connectivity index (χ2n) is 4.09. The van der Waals surface area contributed by atoms with Gasteiger partial charge in [0.05, 0.1) is 0 Å². The van der Waals surface area contributed by atoms with Crippen molar-refractivity contribution in [2.24, 2.45) is 0 Å². The molecule has 104 valence electrons. The monoisotopic (exact) mass is 266 g/mol. The lowest BCUT2D eigenvalue weighted by molar-refractivity contribution is 0.171. The van der Waals surface area contributed by atoms with Crippen LogP contribution in [0.1, 0.15) is 6.42 Å². The van der Waals surface area contributed by atoms with E-state index in [0.717, 1.165) is 6.42 Å². The van der Waals surface area contributed by atoms with E-state index in [-0.39, 0.29) is 6.03 Å². The van der Waals surface area contributed by atoms with Gasteiger partial charge in [-0.2, -0.15) is 0 Å². The van der Waals surface area contributed by atoms with Crippen LogP contribution >= 0.6 is 0 Å². The lowest BCUT2D eigenvalue weighted by Gasteiger charge is -2.19. The number of anilines is 1. The molecule has 1 aliphatic heterocycles. The third-order valence-electron chi connectivity index (χ3n) is 2.61. The minimum Gasteiger partial charge on any atom is -0.486 e. The Morgan fingerprint density at radius 3 is 2.89 bits per heavy atom. The van der Waals surface area contributed by atoms with Crippen molar-refractivity contribution in [3.63, 3.8) is 0 Å². The normalized spacial score (nSPS) is 12.9. The zero-order valence-corrected chi connectivity index (χ0v) is 10.9. The number of carbonyl (C=O) groups excluding carboxylic acids is 1. The number of hydrogen-bond donors (Lipinski definition) is 2. The fraction of sp³-hybridized carbons (Fsp3) is 0.462. The number of carbonyl (C=O) groups is 1. The van der Waals surface area contributed by atoms with Gasteiger partial charge in [0.2, 0.25) is 0 Å². The van der Waals surface area contributed by atoms with Crippen molar-refractivity contribution in [2.45, 2.75) is 6.42 Å². The van der Waals surface area contributed by atoms with Gasteiger partial charge < -0.3 is 24.8 Å². The smallest absolute Gasteiger partial charge is 0.319 e. The van der Waals surface area contributed by atoms with Gasteiger partial charge >= 0.3 is 6.03 Å². The van der Waals surface area contributed by atoms with Crippen LogP contribution in [0, 0.1) is 0 Å². The number of fused-ring (bicyclic) bond motifs is 1. The predicted molar refractivity (Wildman–Crippen MR) is 70.9 cm³/mol. The van der Waals surface area contributed by atoms with E-state index >= 15 is 0 Å². The van der Waals surface area contributed by atoms with Crippen molar-refractivity contribution in [1.29, 1.82) is 0 Å². The summed E-state index contributed by atoms with van der Waals surface area (Å²) >= 11 is 0. The third kappa shape index (κ3) is 4.03. The van der Waals surface area contributed by atoms with Crippen molar-refractivity contribution in [1.82, 2.24) is 5.32 Å². The van der Waals surface area contributed by atoms with Gasteiger partial charge in [0.15, 0.2) is 11.5 Å². The van der Waals surface area contributed by atoms with Crippen LogP contribution in [0.3, 0.4) is 0 Å². The number of hydrogen-bond acceptors (Lipinski definition) is 4. The summed E-state index contributed by atoms with van der Waals surface area (Å²) in [5, 5.41) is 5.49. The number of amides is 2. The molecule has 1 aromatic rings. The van der Waals surface area contributed by atoms with Gasteiger partial charge in [-0.1, -0.05) is 0 Å². The summed E-state index contributed by atoms with van der Waals surface area (Å²) < 4.78 is 15.8. The van der Waals surface area contributed by atoms with Crippen molar-refractivity contribution < 1.29 is 19.0 Å². The number of ether oxygens (including phenoxy) is 3. The molecule has 2 amide bonds. The fourth-order valence-electron chi connectivity index (χ4n) is 1.71. The molecule has 6 nitrogen and oxygen atoms in total. The molecule has 0 spiro atoms. The summed E-state index contributed by atoms with van der Waals surface area (Å²) in [5.74, 6) is 1.36. The van der Waals surface area contributed by atoms with Crippen LogP contribution in [0.25, 0.3) is 0 Å². The van der Waals surface area contributed by atoms with Gasteiger partial charge in [-0.25, -0.2) is 4.79 Å². The lowest BCUT2D eigenvalue weighted by Crippen LogP contribution is -2.30. The summed E-state index contributed by atoms with van der Waals surface area (Å²) in [4.78, 5) is 11.6. The Balaban J connectivity index is 1.83. The maximum Gasteiger partial charge on any atom is 0.319 e. The molecule has 0 saturated carbocycles. The summed E-state index contributed by atoms with van der Waals surface area (Å²) in [6, 6.07) is 5.08. The van der Waals surface area contributed by atoms with E-state index in [1.165, 1.54) is 0 Å². The fourth-order valence-corrected chi connectivity index (χ4v) is 1.71. The molecule has 0 bridgehead atoms. The zero-order chi connectivity index (χ0) is 13.5. The van der Waals surface area contributed by atoms with Crippen LogP contribution in [0.4, 0.5) is 10.5 Å². The van der Waals surface area contributed by atoms with Crippen LogP contribution in [-0.4, -0.2) is 39.5 Å². The van der Waals surface area contributed by atoms with Crippen molar-refractivity contribution >= 4 is 11.7 Å².